The van der Waals surface area contributed by atoms with Gasteiger partial charge >= 0.3 is 5.97 Å². The molecule has 7 nitrogen and oxygen atoms in total. The van der Waals surface area contributed by atoms with Crippen molar-refractivity contribution in [2.75, 3.05) is 11.9 Å². The zero-order chi connectivity index (χ0) is 19.6. The lowest BCUT2D eigenvalue weighted by atomic mass is 9.81. The summed E-state index contributed by atoms with van der Waals surface area (Å²) >= 11 is 0. The fourth-order valence-electron chi connectivity index (χ4n) is 3.83. The van der Waals surface area contributed by atoms with Crippen molar-refractivity contribution in [3.05, 3.63) is 29.8 Å². The summed E-state index contributed by atoms with van der Waals surface area (Å²) in [7, 11) is 0. The van der Waals surface area contributed by atoms with Crippen LogP contribution in [0.3, 0.4) is 0 Å². The van der Waals surface area contributed by atoms with E-state index in [-0.39, 0.29) is 23.7 Å². The van der Waals surface area contributed by atoms with Crippen molar-refractivity contribution in [3.63, 3.8) is 0 Å². The predicted molar refractivity (Wildman–Crippen MR) is 97.5 cm³/mol. The summed E-state index contributed by atoms with van der Waals surface area (Å²) in [6.45, 7) is 2.85. The molecule has 1 aliphatic carbocycles. The topological polar surface area (TPSA) is 92.8 Å². The van der Waals surface area contributed by atoms with E-state index in [1.807, 2.05) is 19.1 Å². The fourth-order valence-corrected chi connectivity index (χ4v) is 3.83. The van der Waals surface area contributed by atoms with E-state index < -0.39 is 24.5 Å². The van der Waals surface area contributed by atoms with Crippen LogP contribution in [0, 0.1) is 18.8 Å². The number of ether oxygens (including phenoxy) is 1. The molecule has 27 heavy (non-hydrogen) atoms. The van der Waals surface area contributed by atoms with Crippen LogP contribution in [0.15, 0.2) is 24.3 Å². The Labute approximate surface area is 158 Å². The van der Waals surface area contributed by atoms with Crippen LogP contribution >= 0.6 is 0 Å². The van der Waals surface area contributed by atoms with Crippen molar-refractivity contribution >= 4 is 29.4 Å². The average Bonchev–Trinajstić information content (AvgIpc) is 2.92. The summed E-state index contributed by atoms with van der Waals surface area (Å²) in [5.74, 6) is -2.44. The lowest BCUT2D eigenvalue weighted by molar-refractivity contribution is -0.159. The summed E-state index contributed by atoms with van der Waals surface area (Å²) in [6.07, 6.45) is 3.22. The van der Waals surface area contributed by atoms with E-state index in [2.05, 4.69) is 5.32 Å². The molecule has 1 aromatic rings. The van der Waals surface area contributed by atoms with Crippen LogP contribution in [-0.2, 0) is 23.9 Å². The SMILES string of the molecule is Cc1ccccc1NC(=O)COC(=O)[C@H](C)N1C(=O)[C@H]2CCCC[C@H]2C1=O. The number of carbonyl (C=O) groups is 4. The number of fused-ring (bicyclic) bond motifs is 1. The van der Waals surface area contributed by atoms with E-state index in [9.17, 15) is 19.2 Å². The van der Waals surface area contributed by atoms with Crippen LogP contribution in [0.25, 0.3) is 0 Å². The highest BCUT2D eigenvalue weighted by atomic mass is 16.5. The van der Waals surface area contributed by atoms with Gasteiger partial charge in [0.25, 0.3) is 5.91 Å². The molecular formula is C20H24N2O5. The molecule has 144 valence electrons. The number of carbonyl (C=O) groups excluding carboxylic acids is 4. The summed E-state index contributed by atoms with van der Waals surface area (Å²) < 4.78 is 5.04. The summed E-state index contributed by atoms with van der Waals surface area (Å²) in [4.78, 5) is 50.4. The molecule has 0 bridgehead atoms. The minimum atomic E-state index is -1.03. The minimum Gasteiger partial charge on any atom is -0.454 e. The zero-order valence-electron chi connectivity index (χ0n) is 15.6. The first kappa shape index (κ1) is 19.1. The second-order valence-corrected chi connectivity index (χ2v) is 7.19. The van der Waals surface area contributed by atoms with Crippen LogP contribution in [0.4, 0.5) is 5.69 Å². The highest BCUT2D eigenvalue weighted by molar-refractivity contribution is 6.08. The Balaban J connectivity index is 1.56. The second kappa shape index (κ2) is 7.90. The molecule has 1 saturated heterocycles. The number of esters is 1. The first-order valence-corrected chi connectivity index (χ1v) is 9.29. The van der Waals surface area contributed by atoms with Crippen molar-refractivity contribution in [1.82, 2.24) is 4.90 Å². The fraction of sp³-hybridized carbons (Fsp3) is 0.500. The molecule has 0 unspecified atom stereocenters. The number of likely N-dealkylation sites (tertiary alicyclic amines) is 1. The Hall–Kier alpha value is -2.70. The molecule has 3 rings (SSSR count). The van der Waals surface area contributed by atoms with Crippen molar-refractivity contribution in [2.45, 2.75) is 45.6 Å². The van der Waals surface area contributed by atoms with Gasteiger partial charge in [0, 0.05) is 5.69 Å². The minimum absolute atomic E-state index is 0.293. The normalized spacial score (nSPS) is 23.0. The smallest absolute Gasteiger partial charge is 0.329 e. The lowest BCUT2D eigenvalue weighted by Gasteiger charge is -2.21. The number of benzene rings is 1. The Morgan fingerprint density at radius 2 is 1.74 bits per heavy atom. The lowest BCUT2D eigenvalue weighted by Crippen LogP contribution is -2.45. The first-order chi connectivity index (χ1) is 12.9. The van der Waals surface area contributed by atoms with Crippen LogP contribution < -0.4 is 5.32 Å². The van der Waals surface area contributed by atoms with Gasteiger partial charge in [-0.1, -0.05) is 31.0 Å². The van der Waals surface area contributed by atoms with E-state index in [0.717, 1.165) is 23.3 Å². The first-order valence-electron chi connectivity index (χ1n) is 9.29. The maximum atomic E-state index is 12.5. The number of amides is 3. The Kier molecular flexibility index (Phi) is 5.58. The molecule has 1 N–H and O–H groups in total. The van der Waals surface area contributed by atoms with E-state index in [1.165, 1.54) is 6.92 Å². The summed E-state index contributed by atoms with van der Waals surface area (Å²) in [6, 6.07) is 6.23. The third kappa shape index (κ3) is 3.86. The van der Waals surface area contributed by atoms with Gasteiger partial charge in [-0.25, -0.2) is 4.79 Å². The molecule has 1 saturated carbocycles. The molecule has 7 heteroatoms. The largest absolute Gasteiger partial charge is 0.454 e. The van der Waals surface area contributed by atoms with Gasteiger partial charge in [-0.3, -0.25) is 19.3 Å². The van der Waals surface area contributed by atoms with E-state index in [4.69, 9.17) is 4.74 Å². The van der Waals surface area contributed by atoms with Gasteiger partial charge in [0.05, 0.1) is 11.8 Å². The molecule has 3 amide bonds. The molecule has 0 aromatic heterocycles. The molecule has 2 aliphatic rings. The van der Waals surface area contributed by atoms with Gasteiger partial charge in [-0.05, 0) is 38.3 Å². The van der Waals surface area contributed by atoms with Crippen LogP contribution in [0.1, 0.15) is 38.2 Å². The predicted octanol–water partition coefficient (Wildman–Crippen LogP) is 2.04. The monoisotopic (exact) mass is 372 g/mol. The van der Waals surface area contributed by atoms with Crippen molar-refractivity contribution < 1.29 is 23.9 Å². The van der Waals surface area contributed by atoms with Crippen molar-refractivity contribution in [1.29, 1.82) is 0 Å². The molecular weight excluding hydrogens is 348 g/mol. The van der Waals surface area contributed by atoms with Crippen LogP contribution in [0.2, 0.25) is 0 Å². The quantitative estimate of drug-likeness (QED) is 0.631. The third-order valence-corrected chi connectivity index (χ3v) is 5.37. The second-order valence-electron chi connectivity index (χ2n) is 7.19. The maximum absolute atomic E-state index is 12.5. The van der Waals surface area contributed by atoms with E-state index in [1.54, 1.807) is 12.1 Å². The molecule has 3 atom stereocenters. The molecule has 2 fully saturated rings. The Bertz CT molecular complexity index is 751. The van der Waals surface area contributed by atoms with Crippen molar-refractivity contribution in [2.24, 2.45) is 11.8 Å². The van der Waals surface area contributed by atoms with Crippen LogP contribution in [-0.4, -0.2) is 41.2 Å². The maximum Gasteiger partial charge on any atom is 0.329 e. The summed E-state index contributed by atoms with van der Waals surface area (Å²) in [5, 5.41) is 2.67. The average molecular weight is 372 g/mol. The highest BCUT2D eigenvalue weighted by Gasteiger charge is 2.51. The molecule has 0 radical (unpaired) electrons. The highest BCUT2D eigenvalue weighted by Crippen LogP contribution is 2.38. The van der Waals surface area contributed by atoms with Crippen LogP contribution in [0.5, 0.6) is 0 Å². The molecule has 0 spiro atoms. The van der Waals surface area contributed by atoms with Gasteiger partial charge in [-0.2, -0.15) is 0 Å². The van der Waals surface area contributed by atoms with E-state index >= 15 is 0 Å². The Morgan fingerprint density at radius 1 is 1.15 bits per heavy atom. The van der Waals surface area contributed by atoms with Crippen molar-refractivity contribution in [3.8, 4) is 0 Å². The number of hydrogen-bond acceptors (Lipinski definition) is 5. The Morgan fingerprint density at radius 3 is 2.33 bits per heavy atom. The van der Waals surface area contributed by atoms with Gasteiger partial charge < -0.3 is 10.1 Å². The standard InChI is InChI=1S/C20H24N2O5/c1-12-7-3-6-10-16(12)21-17(23)11-27-20(26)13(2)22-18(24)14-8-4-5-9-15(14)19(22)25/h3,6-7,10,13-15H,4-5,8-9,11H2,1-2H3,(H,21,23)/t13-,14-,15+/m0/s1. The van der Waals surface area contributed by atoms with Gasteiger partial charge in [0.15, 0.2) is 6.61 Å². The number of hydrogen-bond donors (Lipinski definition) is 1. The third-order valence-electron chi connectivity index (χ3n) is 5.37. The van der Waals surface area contributed by atoms with Gasteiger partial charge in [-0.15, -0.1) is 0 Å². The number of anilines is 1. The molecule has 1 aliphatic heterocycles. The number of rotatable bonds is 5. The summed E-state index contributed by atoms with van der Waals surface area (Å²) in [5.41, 5.74) is 1.53. The number of nitrogens with one attached hydrogen (secondary N) is 1. The number of nitrogens with zero attached hydrogens (tertiary/aromatic N) is 1. The molecule has 1 aromatic carbocycles. The van der Waals surface area contributed by atoms with E-state index in [0.29, 0.717) is 18.5 Å². The zero-order valence-corrected chi connectivity index (χ0v) is 15.6. The molecule has 1 heterocycles. The van der Waals surface area contributed by atoms with Gasteiger partial charge in [0.2, 0.25) is 11.8 Å². The van der Waals surface area contributed by atoms with Gasteiger partial charge in [0.1, 0.15) is 6.04 Å². The number of aryl methyl sites for hydroxylation is 1. The number of imide groups is 1. The number of para-hydroxylation sites is 1.